The number of pyridine rings is 2. The van der Waals surface area contributed by atoms with E-state index in [1.165, 1.54) is 0 Å². The molecule has 0 saturated heterocycles. The van der Waals surface area contributed by atoms with Crippen LogP contribution in [0, 0.1) is 0 Å². The molecule has 0 spiro atoms. The molecule has 1 aliphatic carbocycles. The van der Waals surface area contributed by atoms with Gasteiger partial charge in [-0.3, -0.25) is 9.97 Å². The molecule has 2 aromatic carbocycles. The lowest BCUT2D eigenvalue weighted by atomic mass is 9.98. The maximum atomic E-state index is 12.5. The number of hydrogen-bond acceptors (Lipinski definition) is 5. The Hall–Kier alpha value is -4.52. The van der Waals surface area contributed by atoms with Crippen LogP contribution >= 0.6 is 0 Å². The summed E-state index contributed by atoms with van der Waals surface area (Å²) in [5.41, 5.74) is 6.53. The Morgan fingerprint density at radius 2 is 1.51 bits per heavy atom. The zero-order valence-corrected chi connectivity index (χ0v) is 18.8. The minimum absolute atomic E-state index is 0.0784. The summed E-state index contributed by atoms with van der Waals surface area (Å²) in [6, 6.07) is 24.0. The number of benzene rings is 2. The lowest BCUT2D eigenvalue weighted by Crippen LogP contribution is -2.42. The van der Waals surface area contributed by atoms with Crippen LogP contribution in [0.4, 0.5) is 4.79 Å². The Morgan fingerprint density at radius 3 is 2.11 bits per heavy atom. The molecule has 2 aromatic heterocycles. The quantitative estimate of drug-likeness (QED) is 0.411. The molecule has 1 atom stereocenters. The first-order chi connectivity index (χ1) is 17.1. The maximum Gasteiger partial charge on any atom is 0.407 e. The summed E-state index contributed by atoms with van der Waals surface area (Å²) in [6.07, 6.45) is 2.59. The van der Waals surface area contributed by atoms with Gasteiger partial charge in [0, 0.05) is 24.7 Å². The maximum absolute atomic E-state index is 12.5. The number of hydrogen-bond donors (Lipinski definition) is 2. The first-order valence-electron chi connectivity index (χ1n) is 11.3. The van der Waals surface area contributed by atoms with E-state index in [-0.39, 0.29) is 18.9 Å². The first-order valence-corrected chi connectivity index (χ1v) is 11.3. The van der Waals surface area contributed by atoms with Crippen LogP contribution in [0.2, 0.25) is 0 Å². The van der Waals surface area contributed by atoms with Gasteiger partial charge in [-0.05, 0) is 46.0 Å². The van der Waals surface area contributed by atoms with E-state index in [1.54, 1.807) is 24.5 Å². The van der Waals surface area contributed by atoms with Gasteiger partial charge in [-0.25, -0.2) is 9.59 Å². The number of nitrogens with zero attached hydrogens (tertiary/aromatic N) is 2. The molecule has 0 radical (unpaired) electrons. The molecule has 0 saturated carbocycles. The minimum Gasteiger partial charge on any atom is -0.480 e. The Labute approximate surface area is 202 Å². The molecule has 7 nitrogen and oxygen atoms in total. The molecule has 0 aliphatic heterocycles. The van der Waals surface area contributed by atoms with Gasteiger partial charge in [0.2, 0.25) is 0 Å². The van der Waals surface area contributed by atoms with Crippen molar-refractivity contribution in [2.45, 2.75) is 18.4 Å². The number of carbonyl (C=O) groups is 2. The zero-order chi connectivity index (χ0) is 24.2. The van der Waals surface area contributed by atoms with E-state index in [1.807, 2.05) is 54.6 Å². The second-order valence-electron chi connectivity index (χ2n) is 8.33. The van der Waals surface area contributed by atoms with Crippen molar-refractivity contribution in [1.29, 1.82) is 0 Å². The van der Waals surface area contributed by atoms with Crippen molar-refractivity contribution in [3.8, 4) is 22.5 Å². The molecular formula is C28H23N3O4. The summed E-state index contributed by atoms with van der Waals surface area (Å²) in [5, 5.41) is 12.1. The number of aromatic nitrogens is 2. The van der Waals surface area contributed by atoms with E-state index in [4.69, 9.17) is 4.74 Å². The number of carboxylic acids is 1. The van der Waals surface area contributed by atoms with Crippen molar-refractivity contribution in [1.82, 2.24) is 15.3 Å². The van der Waals surface area contributed by atoms with Crippen LogP contribution in [-0.2, 0) is 16.0 Å². The standard InChI is InChI=1S/C28H23N3O4/c32-27(33)26(15-18-12-13-25(30-16-18)24-11-5-6-14-29-24)31-28(34)35-17-23-21-9-3-1-7-19(21)20-8-2-4-10-22(20)23/h1-14,16,23,26H,15,17H2,(H,31,34)(H,32,33). The molecule has 2 N–H and O–H groups in total. The molecule has 1 aliphatic rings. The highest BCUT2D eigenvalue weighted by Gasteiger charge is 2.29. The number of carbonyl (C=O) groups excluding carboxylic acids is 1. The lowest BCUT2D eigenvalue weighted by molar-refractivity contribution is -0.139. The second kappa shape index (κ2) is 9.77. The molecule has 174 valence electrons. The Kier molecular flexibility index (Phi) is 6.22. The fraction of sp³-hybridized carbons (Fsp3) is 0.143. The second-order valence-corrected chi connectivity index (χ2v) is 8.33. The number of carboxylic acid groups (broad SMARTS) is 1. The largest absolute Gasteiger partial charge is 0.480 e. The molecular weight excluding hydrogens is 442 g/mol. The highest BCUT2D eigenvalue weighted by molar-refractivity contribution is 5.81. The number of aliphatic carboxylic acids is 1. The van der Waals surface area contributed by atoms with Crippen LogP contribution in [0.5, 0.6) is 0 Å². The Balaban J connectivity index is 1.23. The van der Waals surface area contributed by atoms with Crippen LogP contribution in [0.15, 0.2) is 91.3 Å². The molecule has 5 rings (SSSR count). The third kappa shape index (κ3) is 4.75. The molecule has 1 unspecified atom stereocenters. The number of fused-ring (bicyclic) bond motifs is 3. The van der Waals surface area contributed by atoms with Gasteiger partial charge in [0.15, 0.2) is 0 Å². The molecule has 7 heteroatoms. The molecule has 35 heavy (non-hydrogen) atoms. The third-order valence-corrected chi connectivity index (χ3v) is 6.13. The summed E-state index contributed by atoms with van der Waals surface area (Å²) in [5.74, 6) is -1.24. The van der Waals surface area contributed by atoms with Gasteiger partial charge in [0.1, 0.15) is 12.6 Å². The van der Waals surface area contributed by atoms with Crippen LogP contribution in [-0.4, -0.2) is 39.8 Å². The van der Waals surface area contributed by atoms with Gasteiger partial charge in [0.05, 0.1) is 11.4 Å². The number of nitrogens with one attached hydrogen (secondary N) is 1. The Morgan fingerprint density at radius 1 is 0.857 bits per heavy atom. The predicted molar refractivity (Wildman–Crippen MR) is 131 cm³/mol. The van der Waals surface area contributed by atoms with Gasteiger partial charge in [-0.2, -0.15) is 0 Å². The van der Waals surface area contributed by atoms with Gasteiger partial charge >= 0.3 is 12.1 Å². The van der Waals surface area contributed by atoms with Crippen LogP contribution < -0.4 is 5.32 Å². The van der Waals surface area contributed by atoms with Crippen LogP contribution in [0.1, 0.15) is 22.6 Å². The predicted octanol–water partition coefficient (Wildman–Crippen LogP) is 4.68. The molecule has 1 amide bonds. The van der Waals surface area contributed by atoms with Crippen molar-refractivity contribution in [3.63, 3.8) is 0 Å². The molecule has 2 heterocycles. The fourth-order valence-electron chi connectivity index (χ4n) is 4.43. The van der Waals surface area contributed by atoms with Gasteiger partial charge in [-0.15, -0.1) is 0 Å². The average molecular weight is 466 g/mol. The van der Waals surface area contributed by atoms with E-state index in [9.17, 15) is 14.7 Å². The van der Waals surface area contributed by atoms with Crippen molar-refractivity contribution >= 4 is 12.1 Å². The smallest absolute Gasteiger partial charge is 0.407 e. The summed E-state index contributed by atoms with van der Waals surface area (Å²) in [6.45, 7) is 0.118. The van der Waals surface area contributed by atoms with Crippen molar-refractivity contribution in [3.05, 3.63) is 108 Å². The summed E-state index contributed by atoms with van der Waals surface area (Å²) >= 11 is 0. The van der Waals surface area contributed by atoms with Gasteiger partial charge < -0.3 is 15.2 Å². The lowest BCUT2D eigenvalue weighted by Gasteiger charge is -2.17. The van der Waals surface area contributed by atoms with Crippen molar-refractivity contribution < 1.29 is 19.4 Å². The zero-order valence-electron chi connectivity index (χ0n) is 18.8. The number of amides is 1. The summed E-state index contributed by atoms with van der Waals surface area (Å²) in [4.78, 5) is 33.0. The fourth-order valence-corrected chi connectivity index (χ4v) is 4.43. The SMILES string of the molecule is O=C(NC(Cc1ccc(-c2ccccn2)nc1)C(=O)O)OCC1c2ccccc2-c2ccccc21. The van der Waals surface area contributed by atoms with E-state index >= 15 is 0 Å². The van der Waals surface area contributed by atoms with E-state index in [2.05, 4.69) is 27.4 Å². The van der Waals surface area contributed by atoms with E-state index in [0.717, 1.165) is 27.9 Å². The number of rotatable bonds is 7. The topological polar surface area (TPSA) is 101 Å². The van der Waals surface area contributed by atoms with E-state index in [0.29, 0.717) is 11.3 Å². The third-order valence-electron chi connectivity index (χ3n) is 6.13. The number of ether oxygens (including phenoxy) is 1. The molecule has 0 fully saturated rings. The minimum atomic E-state index is -1.15. The van der Waals surface area contributed by atoms with Crippen molar-refractivity contribution in [2.75, 3.05) is 6.61 Å². The monoisotopic (exact) mass is 465 g/mol. The molecule has 4 aromatic rings. The van der Waals surface area contributed by atoms with Crippen molar-refractivity contribution in [2.24, 2.45) is 0 Å². The number of alkyl carbamates (subject to hydrolysis) is 1. The first kappa shape index (κ1) is 22.3. The average Bonchev–Trinajstić information content (AvgIpc) is 3.21. The normalized spacial score (nSPS) is 12.9. The van der Waals surface area contributed by atoms with Gasteiger partial charge in [-0.1, -0.05) is 60.7 Å². The summed E-state index contributed by atoms with van der Waals surface area (Å²) < 4.78 is 5.50. The van der Waals surface area contributed by atoms with Crippen LogP contribution in [0.3, 0.4) is 0 Å². The Bertz CT molecular complexity index is 1310. The molecule has 0 bridgehead atoms. The highest BCUT2D eigenvalue weighted by Crippen LogP contribution is 2.44. The summed E-state index contributed by atoms with van der Waals surface area (Å²) in [7, 11) is 0. The van der Waals surface area contributed by atoms with Crippen LogP contribution in [0.25, 0.3) is 22.5 Å². The van der Waals surface area contributed by atoms with E-state index < -0.39 is 18.1 Å². The highest BCUT2D eigenvalue weighted by atomic mass is 16.5. The van der Waals surface area contributed by atoms with Gasteiger partial charge in [0.25, 0.3) is 0 Å².